The highest BCUT2D eigenvalue weighted by Crippen LogP contribution is 2.32. The molecule has 0 amide bonds. The number of nitrogens with one attached hydrogen (secondary N) is 3. The van der Waals surface area contributed by atoms with Gasteiger partial charge in [0.15, 0.2) is 0 Å². The van der Waals surface area contributed by atoms with E-state index in [0.717, 1.165) is 12.8 Å². The summed E-state index contributed by atoms with van der Waals surface area (Å²) in [6.07, 6.45) is 1.96. The van der Waals surface area contributed by atoms with Crippen molar-refractivity contribution in [3.63, 3.8) is 0 Å². The van der Waals surface area contributed by atoms with E-state index in [1.807, 2.05) is 0 Å². The fourth-order valence-electron chi connectivity index (χ4n) is 1.48. The van der Waals surface area contributed by atoms with Crippen LogP contribution in [0.1, 0.15) is 67.7 Å². The van der Waals surface area contributed by atoms with E-state index < -0.39 is 13.6 Å². The van der Waals surface area contributed by atoms with E-state index in [2.05, 4.69) is 57.0 Å². The highest BCUT2D eigenvalue weighted by atomic mass is 31.2. The number of hydrogen-bond acceptors (Lipinski definition) is 3. The van der Waals surface area contributed by atoms with Gasteiger partial charge in [-0.05, 0) is 23.7 Å². The van der Waals surface area contributed by atoms with Gasteiger partial charge in [0.1, 0.15) is 0 Å². The molecule has 0 heterocycles. The van der Waals surface area contributed by atoms with Crippen LogP contribution in [0.2, 0.25) is 0 Å². The third kappa shape index (κ3) is 12.2. The average molecular weight is 335 g/mol. The van der Waals surface area contributed by atoms with Gasteiger partial charge in [-0.3, -0.25) is 9.36 Å². The highest BCUT2D eigenvalue weighted by molar-refractivity contribution is 7.57. The Morgan fingerprint density at radius 2 is 1.36 bits per heavy atom. The van der Waals surface area contributed by atoms with Gasteiger partial charge >= 0.3 is 13.6 Å². The van der Waals surface area contributed by atoms with Crippen LogP contribution in [0.5, 0.6) is 0 Å². The molecule has 0 fully saturated rings. The predicted octanol–water partition coefficient (Wildman–Crippen LogP) is 3.60. The van der Waals surface area contributed by atoms with Crippen LogP contribution < -0.4 is 15.4 Å². The normalized spacial score (nSPS) is 13.2. The lowest BCUT2D eigenvalue weighted by atomic mass is 9.93. The Kier molecular flexibility index (Phi) is 8.85. The summed E-state index contributed by atoms with van der Waals surface area (Å²) < 4.78 is 12.8. The van der Waals surface area contributed by atoms with Crippen molar-refractivity contribution in [1.29, 1.82) is 0 Å². The largest absolute Gasteiger partial charge is 0.362 e. The predicted molar refractivity (Wildman–Crippen MR) is 91.3 cm³/mol. The second kappa shape index (κ2) is 9.02. The molecule has 0 aliphatic carbocycles. The van der Waals surface area contributed by atoms with E-state index in [1.54, 1.807) is 6.92 Å². The number of rotatable bonds is 9. The maximum atomic E-state index is 12.8. The topological polar surface area (TPSA) is 79.5 Å². The Bertz CT molecular complexity index is 362. The molecule has 0 spiro atoms. The van der Waals surface area contributed by atoms with Crippen LogP contribution in [0, 0.1) is 10.8 Å². The zero-order valence-corrected chi connectivity index (χ0v) is 16.1. The second-order valence-electron chi connectivity index (χ2n) is 7.97. The summed E-state index contributed by atoms with van der Waals surface area (Å²) in [5.41, 5.74) is 0.284. The quantitative estimate of drug-likeness (QED) is 0.441. The first-order chi connectivity index (χ1) is 9.87. The first-order valence-corrected chi connectivity index (χ1v) is 9.65. The molecule has 0 bridgehead atoms. The zero-order valence-electron chi connectivity index (χ0n) is 15.2. The SMILES string of the molecule is CCC(=O)ONP(=O)(NCCC(C)(C)C)NCCC(C)(C)C. The molecule has 0 aliphatic heterocycles. The minimum absolute atomic E-state index is 0.142. The van der Waals surface area contributed by atoms with E-state index in [9.17, 15) is 9.36 Å². The molecule has 22 heavy (non-hydrogen) atoms. The van der Waals surface area contributed by atoms with Crippen LogP contribution in [0.25, 0.3) is 0 Å². The lowest BCUT2D eigenvalue weighted by Gasteiger charge is -2.25. The van der Waals surface area contributed by atoms with Crippen molar-refractivity contribution in [2.75, 3.05) is 13.1 Å². The number of carbonyl (C=O) groups is 1. The molecule has 0 saturated heterocycles. The van der Waals surface area contributed by atoms with Gasteiger partial charge in [0.05, 0.1) is 0 Å². The van der Waals surface area contributed by atoms with Gasteiger partial charge in [-0.2, -0.15) is 0 Å². The molecule has 0 aliphatic rings. The fourth-order valence-corrected chi connectivity index (χ4v) is 2.81. The molecule has 0 radical (unpaired) electrons. The van der Waals surface area contributed by atoms with Crippen LogP contribution in [0.3, 0.4) is 0 Å². The lowest BCUT2D eigenvalue weighted by molar-refractivity contribution is -0.146. The summed E-state index contributed by atoms with van der Waals surface area (Å²) in [5.74, 6) is -0.435. The number of hydrogen-bond donors (Lipinski definition) is 3. The van der Waals surface area contributed by atoms with E-state index in [1.165, 1.54) is 0 Å². The summed E-state index contributed by atoms with van der Waals surface area (Å²) in [4.78, 5) is 16.1. The van der Waals surface area contributed by atoms with Gasteiger partial charge in [0.2, 0.25) is 0 Å². The van der Waals surface area contributed by atoms with E-state index in [-0.39, 0.29) is 17.3 Å². The Morgan fingerprint density at radius 3 is 1.68 bits per heavy atom. The molecule has 0 saturated carbocycles. The van der Waals surface area contributed by atoms with Gasteiger partial charge < -0.3 is 4.84 Å². The third-order valence-corrected chi connectivity index (χ3v) is 4.68. The van der Waals surface area contributed by atoms with Crippen molar-refractivity contribution in [2.24, 2.45) is 10.8 Å². The summed E-state index contributed by atoms with van der Waals surface area (Å²) >= 11 is 0. The van der Waals surface area contributed by atoms with Gasteiger partial charge in [-0.15, -0.1) is 0 Å². The van der Waals surface area contributed by atoms with Crippen molar-refractivity contribution in [3.05, 3.63) is 0 Å². The van der Waals surface area contributed by atoms with Gasteiger partial charge in [0, 0.05) is 19.5 Å². The Morgan fingerprint density at radius 1 is 0.955 bits per heavy atom. The standard InChI is InChI=1S/C15H34N3O3P/c1-8-13(19)21-18-22(20,16-11-9-14(2,3)4)17-12-10-15(5,6)7/h8-12H2,1-7H3,(H3,16,17,18,20). The van der Waals surface area contributed by atoms with Gasteiger partial charge in [-0.25, -0.2) is 10.2 Å². The van der Waals surface area contributed by atoms with Crippen LogP contribution in [0.4, 0.5) is 0 Å². The van der Waals surface area contributed by atoms with Crippen molar-refractivity contribution in [2.45, 2.75) is 67.7 Å². The Labute approximate surface area is 135 Å². The molecule has 0 aromatic carbocycles. The van der Waals surface area contributed by atoms with Crippen molar-refractivity contribution in [1.82, 2.24) is 15.4 Å². The maximum absolute atomic E-state index is 12.8. The van der Waals surface area contributed by atoms with Crippen molar-refractivity contribution in [3.8, 4) is 0 Å². The summed E-state index contributed by atoms with van der Waals surface area (Å²) in [7, 11) is -3.15. The highest BCUT2D eigenvalue weighted by Gasteiger charge is 2.24. The third-order valence-electron chi connectivity index (χ3n) is 3.00. The first kappa shape index (κ1) is 21.6. The molecule has 6 nitrogen and oxygen atoms in total. The van der Waals surface area contributed by atoms with Crippen molar-refractivity contribution >= 4 is 13.6 Å². The molecular weight excluding hydrogens is 301 g/mol. The molecule has 0 rings (SSSR count). The molecule has 7 heteroatoms. The molecule has 0 atom stereocenters. The molecular formula is C15H34N3O3P. The zero-order chi connectivity index (χ0) is 17.4. The molecule has 0 aromatic heterocycles. The summed E-state index contributed by atoms with van der Waals surface area (Å²) in [5, 5.41) is 8.35. The minimum atomic E-state index is -3.15. The van der Waals surface area contributed by atoms with E-state index in [0.29, 0.717) is 13.1 Å². The second-order valence-corrected chi connectivity index (χ2v) is 10.00. The maximum Gasteiger partial charge on any atom is 0.325 e. The van der Waals surface area contributed by atoms with Gasteiger partial charge in [0.25, 0.3) is 0 Å². The van der Waals surface area contributed by atoms with E-state index in [4.69, 9.17) is 4.84 Å². The molecule has 0 unspecified atom stereocenters. The first-order valence-electron chi connectivity index (χ1n) is 7.94. The molecule has 3 N–H and O–H groups in total. The number of carbonyl (C=O) groups excluding carboxylic acids is 1. The fraction of sp³-hybridized carbons (Fsp3) is 0.933. The Balaban J connectivity index is 4.53. The van der Waals surface area contributed by atoms with E-state index >= 15 is 0 Å². The van der Waals surface area contributed by atoms with Crippen LogP contribution in [0.15, 0.2) is 0 Å². The van der Waals surface area contributed by atoms with Crippen LogP contribution in [-0.2, 0) is 14.2 Å². The Hall–Kier alpha value is -0.420. The molecule has 0 aromatic rings. The minimum Gasteiger partial charge on any atom is -0.362 e. The summed E-state index contributed by atoms with van der Waals surface area (Å²) in [6, 6.07) is 0. The molecule has 132 valence electrons. The summed E-state index contributed by atoms with van der Waals surface area (Å²) in [6.45, 7) is 15.6. The smallest absolute Gasteiger partial charge is 0.325 e. The van der Waals surface area contributed by atoms with Crippen LogP contribution >= 0.6 is 7.59 Å². The monoisotopic (exact) mass is 335 g/mol. The van der Waals surface area contributed by atoms with Gasteiger partial charge in [-0.1, -0.05) is 53.7 Å². The van der Waals surface area contributed by atoms with Crippen molar-refractivity contribution < 1.29 is 14.2 Å². The van der Waals surface area contributed by atoms with Crippen LogP contribution in [-0.4, -0.2) is 19.1 Å². The lowest BCUT2D eigenvalue weighted by Crippen LogP contribution is -2.36. The average Bonchev–Trinajstić information content (AvgIpc) is 2.33.